The van der Waals surface area contributed by atoms with Gasteiger partial charge < -0.3 is 11.1 Å². The van der Waals surface area contributed by atoms with Gasteiger partial charge in [0.15, 0.2) is 0 Å². The van der Waals surface area contributed by atoms with E-state index in [1.165, 1.54) is 0 Å². The number of carbonyl (C=O) groups excluding carboxylic acids is 1. The third-order valence-corrected chi connectivity index (χ3v) is 3.02. The maximum atomic E-state index is 12.0. The van der Waals surface area contributed by atoms with Crippen LogP contribution in [-0.4, -0.2) is 30.2 Å². The minimum atomic E-state index is -0.289. The molecular formula is C13H19N3O2. The molecule has 0 aromatic heterocycles. The van der Waals surface area contributed by atoms with Gasteiger partial charge in [0.1, 0.15) is 6.04 Å². The molecule has 5 nitrogen and oxygen atoms in total. The van der Waals surface area contributed by atoms with E-state index in [0.717, 1.165) is 25.1 Å². The third-order valence-electron chi connectivity index (χ3n) is 3.02. The molecule has 2 rings (SSSR count). The molecule has 1 aromatic rings. The number of nitrogen functional groups attached to an aromatic ring is 1. The number of anilines is 2. The van der Waals surface area contributed by atoms with Crippen molar-refractivity contribution in [1.29, 1.82) is 0 Å². The van der Waals surface area contributed by atoms with Crippen LogP contribution in [0.2, 0.25) is 0 Å². The quantitative estimate of drug-likeness (QED) is 0.799. The van der Waals surface area contributed by atoms with Crippen LogP contribution < -0.4 is 11.1 Å². The molecule has 0 radical (unpaired) electrons. The van der Waals surface area contributed by atoms with E-state index in [1.54, 1.807) is 29.3 Å². The number of carbonyl (C=O) groups is 1. The first kappa shape index (κ1) is 12.9. The van der Waals surface area contributed by atoms with Crippen molar-refractivity contribution in [2.45, 2.75) is 25.8 Å². The number of hydroxylamine groups is 2. The molecule has 0 bridgehead atoms. The van der Waals surface area contributed by atoms with Gasteiger partial charge in [-0.15, -0.1) is 0 Å². The van der Waals surface area contributed by atoms with Gasteiger partial charge in [0, 0.05) is 17.9 Å². The Hall–Kier alpha value is -1.59. The summed E-state index contributed by atoms with van der Waals surface area (Å²) in [5, 5.41) is 4.60. The van der Waals surface area contributed by atoms with Gasteiger partial charge in [0.2, 0.25) is 5.91 Å². The lowest BCUT2D eigenvalue weighted by Crippen LogP contribution is -2.44. The number of rotatable bonds is 3. The fraction of sp³-hybridized carbons (Fsp3) is 0.462. The zero-order chi connectivity index (χ0) is 13.0. The Kier molecular flexibility index (Phi) is 4.17. The van der Waals surface area contributed by atoms with E-state index >= 15 is 0 Å². The lowest BCUT2D eigenvalue weighted by molar-refractivity contribution is -0.202. The Bertz CT molecular complexity index is 399. The number of amides is 1. The molecule has 1 unspecified atom stereocenters. The highest BCUT2D eigenvalue weighted by Crippen LogP contribution is 2.14. The largest absolute Gasteiger partial charge is 0.399 e. The summed E-state index contributed by atoms with van der Waals surface area (Å²) in [5.74, 6) is -0.0679. The molecule has 1 aromatic carbocycles. The molecule has 1 fully saturated rings. The molecule has 1 aliphatic rings. The third kappa shape index (κ3) is 3.21. The second-order valence-corrected chi connectivity index (χ2v) is 4.47. The van der Waals surface area contributed by atoms with Crippen molar-refractivity contribution < 1.29 is 9.63 Å². The van der Waals surface area contributed by atoms with E-state index in [1.807, 2.05) is 6.92 Å². The van der Waals surface area contributed by atoms with E-state index in [9.17, 15) is 4.79 Å². The van der Waals surface area contributed by atoms with Crippen molar-refractivity contribution in [3.05, 3.63) is 24.3 Å². The number of hydrogen-bond acceptors (Lipinski definition) is 4. The van der Waals surface area contributed by atoms with Crippen LogP contribution in [0.25, 0.3) is 0 Å². The Labute approximate surface area is 107 Å². The summed E-state index contributed by atoms with van der Waals surface area (Å²) in [5.41, 5.74) is 7.02. The highest BCUT2D eigenvalue weighted by Gasteiger charge is 2.23. The van der Waals surface area contributed by atoms with Gasteiger partial charge in [-0.25, -0.2) is 0 Å². The minimum absolute atomic E-state index is 0.0679. The van der Waals surface area contributed by atoms with Crippen molar-refractivity contribution in [3.8, 4) is 0 Å². The fourth-order valence-electron chi connectivity index (χ4n) is 1.87. The standard InChI is InChI=1S/C13H19N3O2/c1-10(16-8-2-3-9-18-16)13(17)15-12-6-4-11(14)5-7-12/h4-7,10H,2-3,8-9,14H2,1H3,(H,15,17). The van der Waals surface area contributed by atoms with E-state index in [0.29, 0.717) is 12.3 Å². The lowest BCUT2D eigenvalue weighted by Gasteiger charge is -2.30. The monoisotopic (exact) mass is 249 g/mol. The van der Waals surface area contributed by atoms with Crippen molar-refractivity contribution >= 4 is 17.3 Å². The van der Waals surface area contributed by atoms with Crippen LogP contribution in [-0.2, 0) is 9.63 Å². The molecular weight excluding hydrogens is 230 g/mol. The number of benzene rings is 1. The second-order valence-electron chi connectivity index (χ2n) is 4.47. The fourth-order valence-corrected chi connectivity index (χ4v) is 1.87. The highest BCUT2D eigenvalue weighted by atomic mass is 16.7. The van der Waals surface area contributed by atoms with Crippen molar-refractivity contribution in [2.24, 2.45) is 0 Å². The maximum absolute atomic E-state index is 12.0. The predicted molar refractivity (Wildman–Crippen MR) is 70.8 cm³/mol. The smallest absolute Gasteiger partial charge is 0.243 e. The first-order valence-corrected chi connectivity index (χ1v) is 6.23. The summed E-state index contributed by atoms with van der Waals surface area (Å²) < 4.78 is 0. The zero-order valence-corrected chi connectivity index (χ0v) is 10.6. The van der Waals surface area contributed by atoms with Crippen molar-refractivity contribution in [2.75, 3.05) is 24.2 Å². The van der Waals surface area contributed by atoms with Gasteiger partial charge in [0.25, 0.3) is 0 Å². The summed E-state index contributed by atoms with van der Waals surface area (Å²) >= 11 is 0. The van der Waals surface area contributed by atoms with Crippen molar-refractivity contribution in [1.82, 2.24) is 5.06 Å². The van der Waals surface area contributed by atoms with Gasteiger partial charge in [-0.2, -0.15) is 5.06 Å². The Balaban J connectivity index is 1.92. The number of nitrogens with zero attached hydrogens (tertiary/aromatic N) is 1. The Morgan fingerprint density at radius 2 is 2.11 bits per heavy atom. The predicted octanol–water partition coefficient (Wildman–Crippen LogP) is 1.62. The van der Waals surface area contributed by atoms with E-state index in [-0.39, 0.29) is 11.9 Å². The molecule has 3 N–H and O–H groups in total. The lowest BCUT2D eigenvalue weighted by atomic mass is 10.2. The Morgan fingerprint density at radius 3 is 2.72 bits per heavy atom. The van der Waals surface area contributed by atoms with E-state index < -0.39 is 0 Å². The summed E-state index contributed by atoms with van der Waals surface area (Å²) in [4.78, 5) is 17.5. The van der Waals surface area contributed by atoms with E-state index in [4.69, 9.17) is 10.6 Å². The molecule has 1 saturated heterocycles. The minimum Gasteiger partial charge on any atom is -0.399 e. The van der Waals surface area contributed by atoms with Gasteiger partial charge >= 0.3 is 0 Å². The van der Waals surface area contributed by atoms with Crippen LogP contribution in [0.5, 0.6) is 0 Å². The van der Waals surface area contributed by atoms with Crippen LogP contribution in [0, 0.1) is 0 Å². The molecule has 1 atom stereocenters. The summed E-state index contributed by atoms with van der Waals surface area (Å²) in [6.45, 7) is 3.34. The first-order chi connectivity index (χ1) is 8.66. The van der Waals surface area contributed by atoms with Crippen LogP contribution in [0.4, 0.5) is 11.4 Å². The zero-order valence-electron chi connectivity index (χ0n) is 10.6. The summed E-state index contributed by atoms with van der Waals surface area (Å²) in [6, 6.07) is 6.81. The average Bonchev–Trinajstić information content (AvgIpc) is 2.41. The molecule has 18 heavy (non-hydrogen) atoms. The molecule has 1 aliphatic heterocycles. The molecule has 0 spiro atoms. The van der Waals surface area contributed by atoms with Gasteiger partial charge in [-0.3, -0.25) is 9.63 Å². The van der Waals surface area contributed by atoms with Crippen molar-refractivity contribution in [3.63, 3.8) is 0 Å². The van der Waals surface area contributed by atoms with Gasteiger partial charge in [-0.1, -0.05) is 0 Å². The second kappa shape index (κ2) is 5.84. The number of hydrogen-bond donors (Lipinski definition) is 2. The van der Waals surface area contributed by atoms with Crippen LogP contribution in [0.3, 0.4) is 0 Å². The van der Waals surface area contributed by atoms with Crippen LogP contribution >= 0.6 is 0 Å². The maximum Gasteiger partial charge on any atom is 0.243 e. The number of nitrogens with two attached hydrogens (primary N) is 1. The molecule has 1 amide bonds. The average molecular weight is 249 g/mol. The van der Waals surface area contributed by atoms with Gasteiger partial charge in [-0.05, 0) is 44.0 Å². The highest BCUT2D eigenvalue weighted by molar-refractivity contribution is 5.94. The normalized spacial score (nSPS) is 18.3. The van der Waals surface area contributed by atoms with Gasteiger partial charge in [0.05, 0.1) is 6.61 Å². The van der Waals surface area contributed by atoms with Crippen LogP contribution in [0.15, 0.2) is 24.3 Å². The summed E-state index contributed by atoms with van der Waals surface area (Å²) in [7, 11) is 0. The van der Waals surface area contributed by atoms with E-state index in [2.05, 4.69) is 5.32 Å². The summed E-state index contributed by atoms with van der Waals surface area (Å²) in [6.07, 6.45) is 2.13. The SMILES string of the molecule is CC(C(=O)Nc1ccc(N)cc1)N1CCCCO1. The molecule has 0 aliphatic carbocycles. The first-order valence-electron chi connectivity index (χ1n) is 6.23. The topological polar surface area (TPSA) is 67.6 Å². The Morgan fingerprint density at radius 1 is 1.39 bits per heavy atom. The molecule has 1 heterocycles. The number of nitrogens with one attached hydrogen (secondary N) is 1. The van der Waals surface area contributed by atoms with Crippen LogP contribution in [0.1, 0.15) is 19.8 Å². The molecule has 0 saturated carbocycles. The molecule has 98 valence electrons. The molecule has 5 heteroatoms.